The lowest BCUT2D eigenvalue weighted by Gasteiger charge is -2.08. The van der Waals surface area contributed by atoms with Crippen LogP contribution in [0.5, 0.6) is 0 Å². The molecule has 0 aliphatic rings. The van der Waals surface area contributed by atoms with E-state index in [0.29, 0.717) is 10.6 Å². The molecule has 0 aliphatic carbocycles. The topological polar surface area (TPSA) is 55.4 Å². The van der Waals surface area contributed by atoms with Crippen LogP contribution in [-0.4, -0.2) is 18.5 Å². The van der Waals surface area contributed by atoms with E-state index >= 15 is 0 Å². The quantitative estimate of drug-likeness (QED) is 0.842. The SMILES string of the molecule is CCc1cc(C(=O)OCC(=O)Nc2cc(C)cc(C)c2)sc1C. The molecule has 1 aromatic heterocycles. The number of esters is 1. The smallest absolute Gasteiger partial charge is 0.348 e. The summed E-state index contributed by atoms with van der Waals surface area (Å²) in [6.45, 7) is 7.67. The molecule has 1 aromatic carbocycles. The van der Waals surface area contributed by atoms with E-state index in [9.17, 15) is 9.59 Å². The van der Waals surface area contributed by atoms with E-state index in [1.807, 2.05) is 52.0 Å². The van der Waals surface area contributed by atoms with Crippen LogP contribution in [0.4, 0.5) is 5.69 Å². The van der Waals surface area contributed by atoms with E-state index in [-0.39, 0.29) is 12.5 Å². The van der Waals surface area contributed by atoms with E-state index in [2.05, 4.69) is 5.32 Å². The van der Waals surface area contributed by atoms with Crippen molar-refractivity contribution in [3.8, 4) is 0 Å². The molecular formula is C18H21NO3S. The zero-order chi connectivity index (χ0) is 17.0. The monoisotopic (exact) mass is 331 g/mol. The van der Waals surface area contributed by atoms with E-state index in [1.54, 1.807) is 0 Å². The number of thiophene rings is 1. The van der Waals surface area contributed by atoms with Gasteiger partial charge in [-0.05, 0) is 62.1 Å². The van der Waals surface area contributed by atoms with Crippen molar-refractivity contribution >= 4 is 28.9 Å². The van der Waals surface area contributed by atoms with Crippen LogP contribution < -0.4 is 5.32 Å². The van der Waals surface area contributed by atoms with Gasteiger partial charge in [-0.25, -0.2) is 4.79 Å². The van der Waals surface area contributed by atoms with Crippen molar-refractivity contribution in [2.45, 2.75) is 34.1 Å². The predicted octanol–water partition coefficient (Wildman–Crippen LogP) is 4.03. The van der Waals surface area contributed by atoms with Crippen molar-refractivity contribution in [3.63, 3.8) is 0 Å². The van der Waals surface area contributed by atoms with Crippen LogP contribution in [-0.2, 0) is 16.0 Å². The minimum Gasteiger partial charge on any atom is -0.451 e. The summed E-state index contributed by atoms with van der Waals surface area (Å²) in [5, 5.41) is 2.75. The zero-order valence-electron chi connectivity index (χ0n) is 13.9. The van der Waals surface area contributed by atoms with Crippen LogP contribution in [0, 0.1) is 20.8 Å². The normalized spacial score (nSPS) is 10.4. The molecule has 0 unspecified atom stereocenters. The van der Waals surface area contributed by atoms with Gasteiger partial charge in [-0.15, -0.1) is 11.3 Å². The second-order valence-corrected chi connectivity index (χ2v) is 6.80. The molecule has 0 aliphatic heterocycles. The molecule has 2 aromatic rings. The lowest BCUT2D eigenvalue weighted by atomic mass is 10.1. The van der Waals surface area contributed by atoms with Gasteiger partial charge in [-0.3, -0.25) is 4.79 Å². The van der Waals surface area contributed by atoms with Crippen molar-refractivity contribution in [1.82, 2.24) is 0 Å². The molecule has 1 amide bonds. The molecule has 1 N–H and O–H groups in total. The Bertz CT molecular complexity index is 714. The van der Waals surface area contributed by atoms with E-state index < -0.39 is 5.97 Å². The highest BCUT2D eigenvalue weighted by Gasteiger charge is 2.14. The molecule has 5 heteroatoms. The molecule has 0 bridgehead atoms. The third-order valence-corrected chi connectivity index (χ3v) is 4.52. The van der Waals surface area contributed by atoms with Gasteiger partial charge < -0.3 is 10.1 Å². The van der Waals surface area contributed by atoms with Gasteiger partial charge in [0.15, 0.2) is 6.61 Å². The summed E-state index contributed by atoms with van der Waals surface area (Å²) in [7, 11) is 0. The number of carbonyl (C=O) groups excluding carboxylic acids is 2. The Morgan fingerprint density at radius 2 is 1.74 bits per heavy atom. The fraction of sp³-hybridized carbons (Fsp3) is 0.333. The summed E-state index contributed by atoms with van der Waals surface area (Å²) in [6.07, 6.45) is 0.878. The summed E-state index contributed by atoms with van der Waals surface area (Å²) >= 11 is 1.40. The highest BCUT2D eigenvalue weighted by atomic mass is 32.1. The summed E-state index contributed by atoms with van der Waals surface area (Å²) < 4.78 is 5.09. The average molecular weight is 331 g/mol. The molecule has 122 valence electrons. The van der Waals surface area contributed by atoms with E-state index in [4.69, 9.17) is 4.74 Å². The van der Waals surface area contributed by atoms with Gasteiger partial charge in [0.05, 0.1) is 0 Å². The zero-order valence-corrected chi connectivity index (χ0v) is 14.7. The third kappa shape index (κ3) is 4.66. The lowest BCUT2D eigenvalue weighted by molar-refractivity contribution is -0.119. The molecule has 2 rings (SSSR count). The van der Waals surface area contributed by atoms with Crippen LogP contribution in [0.2, 0.25) is 0 Å². The largest absolute Gasteiger partial charge is 0.451 e. The molecule has 0 fully saturated rings. The first-order chi connectivity index (χ1) is 10.9. The molecule has 0 radical (unpaired) electrons. The van der Waals surface area contributed by atoms with Crippen LogP contribution in [0.3, 0.4) is 0 Å². The Balaban J connectivity index is 1.91. The van der Waals surface area contributed by atoms with Crippen LogP contribution >= 0.6 is 11.3 Å². The summed E-state index contributed by atoms with van der Waals surface area (Å²) in [4.78, 5) is 25.6. The Morgan fingerprint density at radius 3 is 2.30 bits per heavy atom. The van der Waals surface area contributed by atoms with Crippen molar-refractivity contribution in [3.05, 3.63) is 50.7 Å². The number of rotatable bonds is 5. The summed E-state index contributed by atoms with van der Waals surface area (Å²) in [5.74, 6) is -0.791. The Morgan fingerprint density at radius 1 is 1.09 bits per heavy atom. The summed E-state index contributed by atoms with van der Waals surface area (Å²) in [5.41, 5.74) is 3.99. The number of anilines is 1. The molecule has 4 nitrogen and oxygen atoms in total. The minimum atomic E-state index is -0.451. The van der Waals surface area contributed by atoms with E-state index in [1.165, 1.54) is 11.3 Å². The molecule has 0 spiro atoms. The predicted molar refractivity (Wildman–Crippen MR) is 93.3 cm³/mol. The van der Waals surface area contributed by atoms with Gasteiger partial charge in [0.1, 0.15) is 4.88 Å². The highest BCUT2D eigenvalue weighted by molar-refractivity contribution is 7.14. The number of amides is 1. The van der Waals surface area contributed by atoms with Crippen molar-refractivity contribution in [2.24, 2.45) is 0 Å². The summed E-state index contributed by atoms with van der Waals surface area (Å²) in [6, 6.07) is 7.62. The molecule has 23 heavy (non-hydrogen) atoms. The number of ether oxygens (including phenoxy) is 1. The first kappa shape index (κ1) is 17.2. The molecule has 0 saturated carbocycles. The van der Waals surface area contributed by atoms with Crippen LogP contribution in [0.25, 0.3) is 0 Å². The maximum atomic E-state index is 12.0. The van der Waals surface area contributed by atoms with E-state index in [0.717, 1.165) is 28.0 Å². The van der Waals surface area contributed by atoms with Gasteiger partial charge in [-0.2, -0.15) is 0 Å². The van der Waals surface area contributed by atoms with Gasteiger partial charge in [0, 0.05) is 10.6 Å². The van der Waals surface area contributed by atoms with Gasteiger partial charge >= 0.3 is 5.97 Å². The number of hydrogen-bond donors (Lipinski definition) is 1. The average Bonchev–Trinajstić information content (AvgIpc) is 2.85. The number of nitrogens with one attached hydrogen (secondary N) is 1. The maximum Gasteiger partial charge on any atom is 0.348 e. The second kappa shape index (κ2) is 7.42. The van der Waals surface area contributed by atoms with Crippen molar-refractivity contribution in [2.75, 3.05) is 11.9 Å². The first-order valence-corrected chi connectivity index (χ1v) is 8.35. The molecule has 0 saturated heterocycles. The molecule has 1 heterocycles. The number of hydrogen-bond acceptors (Lipinski definition) is 4. The first-order valence-electron chi connectivity index (χ1n) is 7.53. The highest BCUT2D eigenvalue weighted by Crippen LogP contribution is 2.22. The van der Waals surface area contributed by atoms with Crippen LogP contribution in [0.1, 0.15) is 38.2 Å². The Hall–Kier alpha value is -2.14. The minimum absolute atomic E-state index is 0.287. The van der Waals surface area contributed by atoms with Crippen molar-refractivity contribution in [1.29, 1.82) is 0 Å². The third-order valence-electron chi connectivity index (χ3n) is 3.44. The maximum absolute atomic E-state index is 12.0. The molecule has 0 atom stereocenters. The Labute approximate surface area is 140 Å². The number of aryl methyl sites for hydroxylation is 4. The van der Waals surface area contributed by atoms with Crippen molar-refractivity contribution < 1.29 is 14.3 Å². The van der Waals surface area contributed by atoms with Gasteiger partial charge in [0.2, 0.25) is 0 Å². The van der Waals surface area contributed by atoms with Gasteiger partial charge in [0.25, 0.3) is 5.91 Å². The second-order valence-electron chi connectivity index (χ2n) is 5.55. The fourth-order valence-corrected chi connectivity index (χ4v) is 3.43. The number of carbonyl (C=O) groups is 2. The number of benzene rings is 1. The molecular weight excluding hydrogens is 310 g/mol. The lowest BCUT2D eigenvalue weighted by Crippen LogP contribution is -2.20. The van der Waals surface area contributed by atoms with Gasteiger partial charge in [-0.1, -0.05) is 13.0 Å². The fourth-order valence-electron chi connectivity index (χ4n) is 2.42. The van der Waals surface area contributed by atoms with Crippen LogP contribution in [0.15, 0.2) is 24.3 Å². The standard InChI is InChI=1S/C18H21NO3S/c1-5-14-9-16(23-13(14)4)18(21)22-10-17(20)19-15-7-11(2)6-12(3)8-15/h6-9H,5,10H2,1-4H3,(H,19,20). The Kier molecular flexibility index (Phi) is 5.55.